The van der Waals surface area contributed by atoms with E-state index in [1.54, 1.807) is 32.0 Å². The molecule has 0 amide bonds. The number of ether oxygens (including phenoxy) is 4. The van der Waals surface area contributed by atoms with Crippen LogP contribution in [-0.4, -0.2) is 81.2 Å². The monoisotopic (exact) mass is 570 g/mol. The number of fused-ring (bicyclic) bond motifs is 1. The fourth-order valence-electron chi connectivity index (χ4n) is 9.34. The van der Waals surface area contributed by atoms with Gasteiger partial charge in [-0.3, -0.25) is 14.4 Å². The van der Waals surface area contributed by atoms with Crippen molar-refractivity contribution in [3.05, 3.63) is 47.2 Å². The molecule has 1 saturated heterocycles. The quantitative estimate of drug-likeness (QED) is 0.352. The van der Waals surface area contributed by atoms with Gasteiger partial charge in [0.2, 0.25) is 5.78 Å². The molecule has 220 valence electrons. The minimum absolute atomic E-state index is 0.105. The summed E-state index contributed by atoms with van der Waals surface area (Å²) in [6, 6.07) is 8.06. The first-order chi connectivity index (χ1) is 19.1. The molecule has 11 nitrogen and oxygen atoms in total. The number of carbonyl (C=O) groups is 4. The van der Waals surface area contributed by atoms with Crippen molar-refractivity contribution in [3.8, 4) is 0 Å². The first kappa shape index (κ1) is 28.0. The first-order valence-corrected chi connectivity index (χ1v) is 13.8. The second kappa shape index (κ2) is 8.47. The number of rotatable bonds is 4. The van der Waals surface area contributed by atoms with Gasteiger partial charge in [0.25, 0.3) is 0 Å². The second-order valence-corrected chi connectivity index (χ2v) is 12.5. The Labute approximate surface area is 236 Å². The number of ketones is 1. The van der Waals surface area contributed by atoms with E-state index in [0.29, 0.717) is 0 Å². The van der Waals surface area contributed by atoms with Crippen LogP contribution in [0.5, 0.6) is 0 Å². The topological polar surface area (TPSA) is 166 Å². The molecule has 4 aliphatic carbocycles. The highest BCUT2D eigenvalue weighted by Crippen LogP contribution is 2.86. The number of hydrogen-bond donors (Lipinski definition) is 3. The molecule has 1 aromatic carbocycles. The molecular formula is C30H34O11. The molecule has 5 aliphatic rings. The zero-order valence-corrected chi connectivity index (χ0v) is 23.5. The summed E-state index contributed by atoms with van der Waals surface area (Å²) in [5, 5.41) is 35.6. The van der Waals surface area contributed by atoms with Gasteiger partial charge in [0, 0.05) is 38.0 Å². The molecule has 6 rings (SSSR count). The third kappa shape index (κ3) is 2.88. The molecular weight excluding hydrogens is 536 g/mol. The van der Waals surface area contributed by atoms with E-state index in [1.165, 1.54) is 26.0 Å². The maximum Gasteiger partial charge on any atom is 0.338 e. The van der Waals surface area contributed by atoms with E-state index < -0.39 is 81.5 Å². The Bertz CT molecular complexity index is 1400. The number of Topliss-reactive ketones (excluding diaryl/α,β-unsaturated/α-hetero) is 1. The van der Waals surface area contributed by atoms with Crippen LogP contribution in [-0.2, 0) is 33.3 Å². The van der Waals surface area contributed by atoms with E-state index in [-0.39, 0.29) is 36.3 Å². The normalized spacial score (nSPS) is 45.7. The molecule has 4 fully saturated rings. The Morgan fingerprint density at radius 3 is 2.27 bits per heavy atom. The lowest BCUT2D eigenvalue weighted by Gasteiger charge is -2.85. The highest BCUT2D eigenvalue weighted by Gasteiger charge is 2.99. The summed E-state index contributed by atoms with van der Waals surface area (Å²) in [6.07, 6.45) is -5.45. The van der Waals surface area contributed by atoms with Crippen LogP contribution in [0.4, 0.5) is 0 Å². The molecule has 1 spiro atoms. The van der Waals surface area contributed by atoms with Crippen LogP contribution in [0, 0.1) is 22.2 Å². The smallest absolute Gasteiger partial charge is 0.338 e. The summed E-state index contributed by atoms with van der Waals surface area (Å²) in [7, 11) is 0. The van der Waals surface area contributed by atoms with Crippen molar-refractivity contribution in [2.45, 2.75) is 83.1 Å². The molecule has 41 heavy (non-hydrogen) atoms. The number of esters is 3. The number of aliphatic hydroxyl groups excluding tert-OH is 2. The Morgan fingerprint density at radius 1 is 1.05 bits per heavy atom. The lowest BCUT2D eigenvalue weighted by atomic mass is 9.20. The largest absolute Gasteiger partial charge is 0.455 e. The van der Waals surface area contributed by atoms with Gasteiger partial charge in [-0.15, -0.1) is 0 Å². The van der Waals surface area contributed by atoms with E-state index >= 15 is 0 Å². The summed E-state index contributed by atoms with van der Waals surface area (Å²) in [4.78, 5) is 53.2. The maximum atomic E-state index is 14.6. The molecule has 3 saturated carbocycles. The molecule has 10 unspecified atom stereocenters. The fraction of sp³-hybridized carbons (Fsp3) is 0.600. The van der Waals surface area contributed by atoms with E-state index in [1.807, 2.05) is 0 Å². The lowest BCUT2D eigenvalue weighted by molar-refractivity contribution is -0.472. The zero-order valence-electron chi connectivity index (χ0n) is 23.5. The van der Waals surface area contributed by atoms with Crippen LogP contribution in [0.1, 0.15) is 57.8 Å². The van der Waals surface area contributed by atoms with Gasteiger partial charge in [0.15, 0.2) is 11.4 Å². The van der Waals surface area contributed by atoms with Crippen LogP contribution in [0.3, 0.4) is 0 Å². The van der Waals surface area contributed by atoms with E-state index in [4.69, 9.17) is 18.9 Å². The Hall–Kier alpha value is -3.12. The highest BCUT2D eigenvalue weighted by molar-refractivity contribution is 6.04. The van der Waals surface area contributed by atoms with Crippen LogP contribution < -0.4 is 0 Å². The van der Waals surface area contributed by atoms with Crippen molar-refractivity contribution in [2.75, 3.05) is 6.61 Å². The predicted octanol–water partition coefficient (Wildman–Crippen LogP) is 1.22. The standard InChI is InChI=1S/C30H34O11/c1-14-18(33)12-28(37)25(40-24(36)17-9-7-6-8-10-17)30-26(4,19(34)11-20-29(30,13-38-20)41-16(3)32)23(35)22(39-15(2)31)21(14)27(28,30)5/h6-10,14,18-20,25,33-34,37H,11-13H2,1-5H3. The van der Waals surface area contributed by atoms with Gasteiger partial charge in [-0.1, -0.05) is 32.0 Å². The molecule has 0 radical (unpaired) electrons. The van der Waals surface area contributed by atoms with Crippen molar-refractivity contribution < 1.29 is 53.4 Å². The number of carbonyl (C=O) groups excluding carboxylic acids is 4. The predicted molar refractivity (Wildman–Crippen MR) is 138 cm³/mol. The average Bonchev–Trinajstić information content (AvgIpc) is 2.90. The average molecular weight is 571 g/mol. The van der Waals surface area contributed by atoms with Crippen molar-refractivity contribution in [1.29, 1.82) is 0 Å². The van der Waals surface area contributed by atoms with Gasteiger partial charge in [-0.2, -0.15) is 0 Å². The first-order valence-electron chi connectivity index (χ1n) is 13.8. The summed E-state index contributed by atoms with van der Waals surface area (Å²) < 4.78 is 23.6. The number of allylic oxidation sites excluding steroid dienone is 1. The molecule has 3 N–H and O–H groups in total. The molecule has 11 heteroatoms. The zero-order chi connectivity index (χ0) is 29.9. The SMILES string of the molecule is CC(=O)OC1=C2C(C)C(O)CC3(O)C(OC(=O)c4ccccc4)C4(C5(OC(C)=O)COC5CC(O)C4(C)C1=O)C23C. The molecule has 10 atom stereocenters. The molecule has 1 aromatic rings. The van der Waals surface area contributed by atoms with Crippen molar-refractivity contribution >= 4 is 23.7 Å². The summed E-state index contributed by atoms with van der Waals surface area (Å²) in [5.41, 5.74) is -8.56. The van der Waals surface area contributed by atoms with Gasteiger partial charge in [-0.05, 0) is 24.6 Å². The summed E-state index contributed by atoms with van der Waals surface area (Å²) in [5.74, 6) is -4.23. The summed E-state index contributed by atoms with van der Waals surface area (Å²) >= 11 is 0. The highest BCUT2D eigenvalue weighted by atomic mass is 16.6. The summed E-state index contributed by atoms with van der Waals surface area (Å²) in [6.45, 7) is 6.91. The number of hydrogen-bond acceptors (Lipinski definition) is 11. The molecule has 0 aromatic heterocycles. The Kier molecular flexibility index (Phi) is 5.79. The van der Waals surface area contributed by atoms with Crippen LogP contribution in [0.15, 0.2) is 41.7 Å². The number of aliphatic hydroxyl groups is 3. The van der Waals surface area contributed by atoms with E-state index in [0.717, 1.165) is 6.92 Å². The molecule has 1 aliphatic heterocycles. The Balaban J connectivity index is 1.70. The van der Waals surface area contributed by atoms with Crippen LogP contribution >= 0.6 is 0 Å². The minimum Gasteiger partial charge on any atom is -0.455 e. The van der Waals surface area contributed by atoms with Crippen molar-refractivity contribution in [3.63, 3.8) is 0 Å². The van der Waals surface area contributed by atoms with Crippen molar-refractivity contribution in [2.24, 2.45) is 22.2 Å². The molecule has 1 heterocycles. The maximum absolute atomic E-state index is 14.6. The third-order valence-corrected chi connectivity index (χ3v) is 10.9. The van der Waals surface area contributed by atoms with Crippen molar-refractivity contribution in [1.82, 2.24) is 0 Å². The van der Waals surface area contributed by atoms with Gasteiger partial charge < -0.3 is 34.3 Å². The minimum atomic E-state index is -2.02. The molecule has 0 bridgehead atoms. The van der Waals surface area contributed by atoms with Crippen LogP contribution in [0.2, 0.25) is 0 Å². The van der Waals surface area contributed by atoms with Gasteiger partial charge >= 0.3 is 17.9 Å². The Morgan fingerprint density at radius 2 is 1.71 bits per heavy atom. The van der Waals surface area contributed by atoms with E-state index in [9.17, 15) is 34.5 Å². The van der Waals surface area contributed by atoms with Gasteiger partial charge in [-0.25, -0.2) is 4.79 Å². The second-order valence-electron chi connectivity index (χ2n) is 12.5. The number of benzene rings is 1. The van der Waals surface area contributed by atoms with Crippen LogP contribution in [0.25, 0.3) is 0 Å². The van der Waals surface area contributed by atoms with E-state index in [2.05, 4.69) is 0 Å². The lowest BCUT2D eigenvalue weighted by Crippen LogP contribution is -2.99. The van der Waals surface area contributed by atoms with Gasteiger partial charge in [0.05, 0.1) is 35.2 Å². The van der Waals surface area contributed by atoms with Gasteiger partial charge in [0.1, 0.15) is 17.8 Å². The third-order valence-electron chi connectivity index (χ3n) is 10.9. The fourth-order valence-corrected chi connectivity index (χ4v) is 9.34.